The van der Waals surface area contributed by atoms with Gasteiger partial charge in [-0.1, -0.05) is 24.3 Å². The van der Waals surface area contributed by atoms with Crippen LogP contribution in [0, 0.1) is 0 Å². The maximum atomic E-state index is 9.09. The van der Waals surface area contributed by atoms with E-state index in [1.54, 1.807) is 0 Å². The summed E-state index contributed by atoms with van der Waals surface area (Å²) in [6.07, 6.45) is 2.03. The van der Waals surface area contributed by atoms with Crippen molar-refractivity contribution in [2.75, 3.05) is 43.1 Å². The molecule has 6 heteroatoms. The maximum Gasteiger partial charge on any atom is 0.224 e. The molecule has 4 rings (SSSR count). The van der Waals surface area contributed by atoms with Crippen molar-refractivity contribution in [3.05, 3.63) is 47.2 Å². The van der Waals surface area contributed by atoms with Gasteiger partial charge in [-0.25, -0.2) is 4.98 Å². The molecule has 1 atom stereocenters. The average Bonchev–Trinajstić information content (AvgIpc) is 3.20. The molecule has 0 aliphatic carbocycles. The zero-order chi connectivity index (χ0) is 17.1. The highest BCUT2D eigenvalue weighted by atomic mass is 16.5. The van der Waals surface area contributed by atoms with E-state index < -0.39 is 0 Å². The lowest BCUT2D eigenvalue weighted by Gasteiger charge is -2.30. The van der Waals surface area contributed by atoms with Gasteiger partial charge in [-0.2, -0.15) is 4.98 Å². The van der Waals surface area contributed by atoms with E-state index in [-0.39, 0.29) is 6.61 Å². The molecule has 0 unspecified atom stereocenters. The maximum absolute atomic E-state index is 9.09. The van der Waals surface area contributed by atoms with Crippen LogP contribution in [0.2, 0.25) is 0 Å². The number of hydrogen-bond donors (Lipinski definition) is 2. The van der Waals surface area contributed by atoms with Gasteiger partial charge in [0.1, 0.15) is 5.82 Å². The first-order valence-electron chi connectivity index (χ1n) is 8.96. The molecule has 2 aliphatic rings. The van der Waals surface area contributed by atoms with E-state index in [1.165, 1.54) is 11.1 Å². The zero-order valence-electron chi connectivity index (χ0n) is 14.3. The lowest BCUT2D eigenvalue weighted by Crippen LogP contribution is -2.31. The Morgan fingerprint density at radius 3 is 2.92 bits per heavy atom. The van der Waals surface area contributed by atoms with Gasteiger partial charge in [-0.3, -0.25) is 0 Å². The molecule has 0 amide bonds. The molecule has 1 fully saturated rings. The Hall–Kier alpha value is -2.18. The lowest BCUT2D eigenvalue weighted by atomic mass is 9.99. The molecule has 1 aromatic heterocycles. The predicted molar refractivity (Wildman–Crippen MR) is 97.0 cm³/mol. The summed E-state index contributed by atoms with van der Waals surface area (Å²) in [5.41, 5.74) is 3.82. The molecule has 1 aromatic carbocycles. The topological polar surface area (TPSA) is 70.5 Å². The Morgan fingerprint density at radius 1 is 1.24 bits per heavy atom. The lowest BCUT2D eigenvalue weighted by molar-refractivity contribution is 0.193. The van der Waals surface area contributed by atoms with E-state index in [4.69, 9.17) is 14.8 Å². The second-order valence-corrected chi connectivity index (χ2v) is 6.63. The van der Waals surface area contributed by atoms with Crippen LogP contribution in [-0.2, 0) is 17.7 Å². The van der Waals surface area contributed by atoms with E-state index in [0.717, 1.165) is 50.7 Å². The van der Waals surface area contributed by atoms with Crippen LogP contribution < -0.4 is 10.2 Å². The molecule has 3 heterocycles. The van der Waals surface area contributed by atoms with E-state index >= 15 is 0 Å². The number of aliphatic hydroxyl groups is 1. The molecule has 0 spiro atoms. The fourth-order valence-corrected chi connectivity index (χ4v) is 3.53. The largest absolute Gasteiger partial charge is 0.395 e. The summed E-state index contributed by atoms with van der Waals surface area (Å²) in [5.74, 6) is 1.87. The standard InChI is InChI=1S/C19H24N4O2/c24-9-7-20-19-21-17(16-6-10-25-13-16)11-18(22-19)23-8-5-14-3-1-2-4-15(14)12-23/h1-4,11,16,24H,5-10,12-13H2,(H,20,21,22)/t16-/m1/s1. The number of hydrogen-bond acceptors (Lipinski definition) is 6. The Balaban J connectivity index is 1.62. The summed E-state index contributed by atoms with van der Waals surface area (Å²) in [4.78, 5) is 11.7. The number of benzene rings is 1. The van der Waals surface area contributed by atoms with Gasteiger partial charge in [0.15, 0.2) is 0 Å². The van der Waals surface area contributed by atoms with Crippen molar-refractivity contribution in [2.24, 2.45) is 0 Å². The third-order valence-electron chi connectivity index (χ3n) is 4.93. The Morgan fingerprint density at radius 2 is 2.12 bits per heavy atom. The molecule has 2 N–H and O–H groups in total. The number of anilines is 2. The SMILES string of the molecule is OCCNc1nc([C@@H]2CCOC2)cc(N2CCc3ccccc3C2)n1. The molecule has 0 saturated carbocycles. The van der Waals surface area contributed by atoms with Crippen LogP contribution in [-0.4, -0.2) is 48.0 Å². The van der Waals surface area contributed by atoms with Gasteiger partial charge in [-0.15, -0.1) is 0 Å². The number of aliphatic hydroxyl groups excluding tert-OH is 1. The monoisotopic (exact) mass is 340 g/mol. The second kappa shape index (κ2) is 7.37. The Labute approximate surface area is 147 Å². The average molecular weight is 340 g/mol. The first-order chi connectivity index (χ1) is 12.3. The minimum Gasteiger partial charge on any atom is -0.395 e. The number of fused-ring (bicyclic) bond motifs is 1. The highest BCUT2D eigenvalue weighted by Gasteiger charge is 2.23. The molecule has 2 aliphatic heterocycles. The van der Waals surface area contributed by atoms with Crippen molar-refractivity contribution < 1.29 is 9.84 Å². The highest BCUT2D eigenvalue weighted by Crippen LogP contribution is 2.29. The van der Waals surface area contributed by atoms with Crippen molar-refractivity contribution in [3.63, 3.8) is 0 Å². The van der Waals surface area contributed by atoms with Gasteiger partial charge in [0.05, 0.1) is 18.9 Å². The highest BCUT2D eigenvalue weighted by molar-refractivity contribution is 5.49. The van der Waals surface area contributed by atoms with E-state index in [9.17, 15) is 0 Å². The minimum absolute atomic E-state index is 0.0621. The van der Waals surface area contributed by atoms with Crippen LogP contribution >= 0.6 is 0 Å². The summed E-state index contributed by atoms with van der Waals surface area (Å²) in [5, 5.41) is 12.2. The minimum atomic E-state index is 0.0621. The molecule has 132 valence electrons. The van der Waals surface area contributed by atoms with Crippen LogP contribution in [0.4, 0.5) is 11.8 Å². The summed E-state index contributed by atoms with van der Waals surface area (Å²) in [7, 11) is 0. The summed E-state index contributed by atoms with van der Waals surface area (Å²) in [6.45, 7) is 3.85. The molecule has 25 heavy (non-hydrogen) atoms. The van der Waals surface area contributed by atoms with E-state index in [0.29, 0.717) is 18.4 Å². The van der Waals surface area contributed by atoms with Crippen LogP contribution in [0.1, 0.15) is 29.2 Å². The number of ether oxygens (including phenoxy) is 1. The second-order valence-electron chi connectivity index (χ2n) is 6.63. The van der Waals surface area contributed by atoms with Crippen LogP contribution in [0.15, 0.2) is 30.3 Å². The van der Waals surface area contributed by atoms with Gasteiger partial charge >= 0.3 is 0 Å². The van der Waals surface area contributed by atoms with Gasteiger partial charge < -0.3 is 20.1 Å². The number of aromatic nitrogens is 2. The summed E-state index contributed by atoms with van der Waals surface area (Å²) < 4.78 is 5.53. The zero-order valence-corrected chi connectivity index (χ0v) is 14.3. The van der Waals surface area contributed by atoms with Crippen LogP contribution in [0.5, 0.6) is 0 Å². The van der Waals surface area contributed by atoms with Gasteiger partial charge in [0, 0.05) is 38.2 Å². The van der Waals surface area contributed by atoms with Crippen molar-refractivity contribution >= 4 is 11.8 Å². The quantitative estimate of drug-likeness (QED) is 0.867. The summed E-state index contributed by atoms with van der Waals surface area (Å²) >= 11 is 0. The van der Waals surface area contributed by atoms with Crippen molar-refractivity contribution in [3.8, 4) is 0 Å². The third-order valence-corrected chi connectivity index (χ3v) is 4.93. The van der Waals surface area contributed by atoms with Gasteiger partial charge in [-0.05, 0) is 24.0 Å². The van der Waals surface area contributed by atoms with Crippen LogP contribution in [0.3, 0.4) is 0 Å². The van der Waals surface area contributed by atoms with Crippen molar-refractivity contribution in [1.82, 2.24) is 9.97 Å². The molecule has 0 bridgehead atoms. The third kappa shape index (κ3) is 3.60. The number of rotatable bonds is 5. The fourth-order valence-electron chi connectivity index (χ4n) is 3.53. The molecule has 0 radical (unpaired) electrons. The predicted octanol–water partition coefficient (Wildman–Crippen LogP) is 1.95. The number of nitrogens with one attached hydrogen (secondary N) is 1. The first kappa shape index (κ1) is 16.3. The molecule has 1 saturated heterocycles. The first-order valence-corrected chi connectivity index (χ1v) is 8.96. The molecule has 6 nitrogen and oxygen atoms in total. The molecular formula is C19H24N4O2. The van der Waals surface area contributed by atoms with Gasteiger partial charge in [0.25, 0.3) is 0 Å². The fraction of sp³-hybridized carbons (Fsp3) is 0.474. The Kier molecular flexibility index (Phi) is 4.81. The normalized spacial score (nSPS) is 19.7. The van der Waals surface area contributed by atoms with E-state index in [1.807, 2.05) is 0 Å². The number of nitrogens with zero attached hydrogens (tertiary/aromatic N) is 3. The Bertz CT molecular complexity index is 731. The molecule has 2 aromatic rings. The van der Waals surface area contributed by atoms with Crippen molar-refractivity contribution in [1.29, 1.82) is 0 Å². The van der Waals surface area contributed by atoms with E-state index in [2.05, 4.69) is 45.5 Å². The molecular weight excluding hydrogens is 316 g/mol. The summed E-state index contributed by atoms with van der Waals surface area (Å²) in [6, 6.07) is 10.7. The van der Waals surface area contributed by atoms with Gasteiger partial charge in [0.2, 0.25) is 5.95 Å². The smallest absolute Gasteiger partial charge is 0.224 e. The van der Waals surface area contributed by atoms with Crippen LogP contribution in [0.25, 0.3) is 0 Å². The van der Waals surface area contributed by atoms with Crippen molar-refractivity contribution in [2.45, 2.75) is 25.3 Å².